The Labute approximate surface area is 63.3 Å². The van der Waals surface area contributed by atoms with Gasteiger partial charge in [-0.25, -0.2) is 9.97 Å². The van der Waals surface area contributed by atoms with Gasteiger partial charge in [0.15, 0.2) is 11.4 Å². The molecule has 2 aromatic rings. The minimum absolute atomic E-state index is 0.565. The van der Waals surface area contributed by atoms with E-state index in [0.29, 0.717) is 11.6 Å². The van der Waals surface area contributed by atoms with E-state index in [4.69, 9.17) is 4.42 Å². The Morgan fingerprint density at radius 1 is 1.27 bits per heavy atom. The molecule has 2 heterocycles. The molecular weight excluding hydrogens is 142 g/mol. The van der Waals surface area contributed by atoms with Crippen LogP contribution in [0.25, 0.3) is 11.2 Å². The summed E-state index contributed by atoms with van der Waals surface area (Å²) in [6.07, 6.45) is 1.47. The molecule has 4 nitrogen and oxygen atoms in total. The molecule has 2 rings (SSSR count). The lowest BCUT2D eigenvalue weighted by atomic mass is 10.4. The molecule has 0 N–H and O–H groups in total. The average Bonchev–Trinajstić information content (AvgIpc) is 2.31. The van der Waals surface area contributed by atoms with Crippen molar-refractivity contribution in [3.05, 3.63) is 17.9 Å². The molecule has 0 saturated heterocycles. The normalized spacial score (nSPS) is 10.7. The number of nitrogens with zero attached hydrogens (tertiary/aromatic N) is 3. The van der Waals surface area contributed by atoms with Crippen molar-refractivity contribution in [1.82, 2.24) is 15.0 Å². The summed E-state index contributed by atoms with van der Waals surface area (Å²) < 4.78 is 5.19. The quantitative estimate of drug-likeness (QED) is 0.565. The van der Waals surface area contributed by atoms with E-state index < -0.39 is 0 Å². The summed E-state index contributed by atoms with van der Waals surface area (Å²) in [7, 11) is 0. The molecule has 0 unspecified atom stereocenters. The zero-order chi connectivity index (χ0) is 7.84. The minimum atomic E-state index is 0.565. The summed E-state index contributed by atoms with van der Waals surface area (Å²) in [5, 5.41) is 0. The summed E-state index contributed by atoms with van der Waals surface area (Å²) in [6, 6.07) is 0. The molecule has 0 amide bonds. The van der Waals surface area contributed by atoms with E-state index in [1.54, 1.807) is 6.92 Å². The Morgan fingerprint density at radius 3 is 2.82 bits per heavy atom. The van der Waals surface area contributed by atoms with Gasteiger partial charge >= 0.3 is 0 Å². The second-order valence-corrected chi connectivity index (χ2v) is 2.35. The van der Waals surface area contributed by atoms with Gasteiger partial charge < -0.3 is 4.42 Å². The summed E-state index contributed by atoms with van der Waals surface area (Å²) in [6.45, 7) is 3.67. The molecule has 0 bridgehead atoms. The molecule has 11 heavy (non-hydrogen) atoms. The minimum Gasteiger partial charge on any atom is -0.422 e. The van der Waals surface area contributed by atoms with Crippen molar-refractivity contribution in [3.63, 3.8) is 0 Å². The van der Waals surface area contributed by atoms with Gasteiger partial charge in [-0.3, -0.25) is 0 Å². The first-order chi connectivity index (χ1) is 5.27. The summed E-state index contributed by atoms with van der Waals surface area (Å²) >= 11 is 0. The smallest absolute Gasteiger partial charge is 0.250 e. The van der Waals surface area contributed by atoms with Gasteiger partial charge in [-0.05, 0) is 6.92 Å². The lowest BCUT2D eigenvalue weighted by Gasteiger charge is -1.87. The Hall–Kier alpha value is -1.45. The van der Waals surface area contributed by atoms with E-state index in [1.165, 1.54) is 6.33 Å². The summed E-state index contributed by atoms with van der Waals surface area (Å²) in [4.78, 5) is 12.0. The van der Waals surface area contributed by atoms with Gasteiger partial charge in [0, 0.05) is 6.92 Å². The van der Waals surface area contributed by atoms with Crippen molar-refractivity contribution in [2.24, 2.45) is 0 Å². The summed E-state index contributed by atoms with van der Waals surface area (Å²) in [5.41, 5.74) is 2.17. The van der Waals surface area contributed by atoms with Gasteiger partial charge in [0.05, 0.1) is 5.69 Å². The van der Waals surface area contributed by atoms with Crippen molar-refractivity contribution >= 4 is 11.2 Å². The van der Waals surface area contributed by atoms with Gasteiger partial charge in [-0.15, -0.1) is 0 Å². The molecule has 0 aliphatic heterocycles. The fraction of sp³-hybridized carbons (Fsp3) is 0.286. The first kappa shape index (κ1) is 6.27. The SMILES string of the molecule is Cc1nc2c(C)ncnc2o1. The predicted octanol–water partition coefficient (Wildman–Crippen LogP) is 1.23. The van der Waals surface area contributed by atoms with Gasteiger partial charge in [-0.2, -0.15) is 4.98 Å². The lowest BCUT2D eigenvalue weighted by Crippen LogP contribution is -1.83. The van der Waals surface area contributed by atoms with Crippen LogP contribution >= 0.6 is 0 Å². The second-order valence-electron chi connectivity index (χ2n) is 2.35. The average molecular weight is 149 g/mol. The van der Waals surface area contributed by atoms with Crippen molar-refractivity contribution < 1.29 is 4.42 Å². The van der Waals surface area contributed by atoms with Gasteiger partial charge in [0.25, 0.3) is 0 Å². The first-order valence-electron chi connectivity index (χ1n) is 3.32. The van der Waals surface area contributed by atoms with Crippen LogP contribution in [-0.4, -0.2) is 15.0 Å². The van der Waals surface area contributed by atoms with Gasteiger partial charge in [0.2, 0.25) is 5.71 Å². The highest BCUT2D eigenvalue weighted by Gasteiger charge is 2.04. The predicted molar refractivity (Wildman–Crippen MR) is 39.1 cm³/mol. The molecule has 0 saturated carbocycles. The van der Waals surface area contributed by atoms with Crippen LogP contribution in [0.3, 0.4) is 0 Å². The molecule has 0 aliphatic rings. The number of hydrogen-bond acceptors (Lipinski definition) is 4. The molecule has 0 aromatic carbocycles. The summed E-state index contributed by atoms with van der Waals surface area (Å²) in [5.74, 6) is 0.628. The lowest BCUT2D eigenvalue weighted by molar-refractivity contribution is 0.551. The number of aromatic nitrogens is 3. The molecule has 56 valence electrons. The topological polar surface area (TPSA) is 51.8 Å². The van der Waals surface area contributed by atoms with Crippen LogP contribution < -0.4 is 0 Å². The van der Waals surface area contributed by atoms with Crippen LogP contribution in [0.1, 0.15) is 11.6 Å². The zero-order valence-corrected chi connectivity index (χ0v) is 6.33. The van der Waals surface area contributed by atoms with Gasteiger partial charge in [0.1, 0.15) is 6.33 Å². The van der Waals surface area contributed by atoms with E-state index in [9.17, 15) is 0 Å². The standard InChI is InChI=1S/C7H7N3O/c1-4-6-7(9-3-8-4)11-5(2)10-6/h3H,1-2H3. The Kier molecular flexibility index (Phi) is 1.15. The van der Waals surface area contributed by atoms with Crippen molar-refractivity contribution in [1.29, 1.82) is 0 Å². The maximum atomic E-state index is 5.19. The van der Waals surface area contributed by atoms with E-state index in [0.717, 1.165) is 11.2 Å². The first-order valence-corrected chi connectivity index (χ1v) is 3.32. The van der Waals surface area contributed by atoms with Crippen molar-refractivity contribution in [2.75, 3.05) is 0 Å². The van der Waals surface area contributed by atoms with E-state index in [1.807, 2.05) is 6.92 Å². The van der Waals surface area contributed by atoms with E-state index in [-0.39, 0.29) is 0 Å². The molecule has 2 aromatic heterocycles. The van der Waals surface area contributed by atoms with Crippen LogP contribution in [0.2, 0.25) is 0 Å². The second kappa shape index (κ2) is 2.02. The highest BCUT2D eigenvalue weighted by Crippen LogP contribution is 2.13. The molecule has 0 spiro atoms. The molecular formula is C7H7N3O. The third-order valence-electron chi connectivity index (χ3n) is 1.49. The number of hydrogen-bond donors (Lipinski definition) is 0. The highest BCUT2D eigenvalue weighted by molar-refractivity contribution is 5.69. The monoisotopic (exact) mass is 149 g/mol. The van der Waals surface area contributed by atoms with E-state index in [2.05, 4.69) is 15.0 Å². The van der Waals surface area contributed by atoms with Crippen LogP contribution in [-0.2, 0) is 0 Å². The fourth-order valence-corrected chi connectivity index (χ4v) is 0.969. The number of aryl methyl sites for hydroxylation is 2. The molecule has 4 heteroatoms. The third kappa shape index (κ3) is 0.869. The molecule has 0 aliphatic carbocycles. The number of fused-ring (bicyclic) bond motifs is 1. The van der Waals surface area contributed by atoms with Crippen LogP contribution in [0.15, 0.2) is 10.7 Å². The Bertz CT molecular complexity index is 393. The number of rotatable bonds is 0. The third-order valence-corrected chi connectivity index (χ3v) is 1.49. The van der Waals surface area contributed by atoms with E-state index >= 15 is 0 Å². The Balaban J connectivity index is 2.90. The van der Waals surface area contributed by atoms with Crippen LogP contribution in [0.4, 0.5) is 0 Å². The Morgan fingerprint density at radius 2 is 2.09 bits per heavy atom. The van der Waals surface area contributed by atoms with Crippen LogP contribution in [0, 0.1) is 13.8 Å². The number of oxazole rings is 1. The van der Waals surface area contributed by atoms with Crippen LogP contribution in [0.5, 0.6) is 0 Å². The maximum absolute atomic E-state index is 5.19. The molecule has 0 atom stereocenters. The molecule has 0 radical (unpaired) electrons. The molecule has 0 fully saturated rings. The van der Waals surface area contributed by atoms with Crippen molar-refractivity contribution in [3.8, 4) is 0 Å². The highest BCUT2D eigenvalue weighted by atomic mass is 16.4. The van der Waals surface area contributed by atoms with Gasteiger partial charge in [-0.1, -0.05) is 0 Å². The largest absolute Gasteiger partial charge is 0.422 e. The maximum Gasteiger partial charge on any atom is 0.250 e. The van der Waals surface area contributed by atoms with Crippen molar-refractivity contribution in [2.45, 2.75) is 13.8 Å². The zero-order valence-electron chi connectivity index (χ0n) is 6.33. The fourth-order valence-electron chi connectivity index (χ4n) is 0.969.